The van der Waals surface area contributed by atoms with Gasteiger partial charge in [0.05, 0.1) is 0 Å². The molecular formula is C14H26N2O3. The van der Waals surface area contributed by atoms with Crippen molar-refractivity contribution in [1.82, 2.24) is 10.2 Å². The van der Waals surface area contributed by atoms with Crippen molar-refractivity contribution in [2.24, 2.45) is 11.8 Å². The molecule has 0 spiro atoms. The molecule has 5 heteroatoms. The van der Waals surface area contributed by atoms with Gasteiger partial charge in [-0.15, -0.1) is 0 Å². The molecule has 1 aliphatic carbocycles. The van der Waals surface area contributed by atoms with Crippen LogP contribution in [-0.4, -0.2) is 55.5 Å². The molecule has 110 valence electrons. The van der Waals surface area contributed by atoms with Crippen LogP contribution in [0.2, 0.25) is 0 Å². The zero-order valence-electron chi connectivity index (χ0n) is 11.6. The number of carbonyl (C=O) groups is 1. The number of urea groups is 1. The molecule has 0 atom stereocenters. The highest BCUT2D eigenvalue weighted by atomic mass is 16.5. The van der Waals surface area contributed by atoms with E-state index in [4.69, 9.17) is 9.84 Å². The predicted octanol–water partition coefficient (Wildman–Crippen LogP) is 1.22. The fourth-order valence-corrected chi connectivity index (χ4v) is 2.33. The minimum absolute atomic E-state index is 0.0265. The quantitative estimate of drug-likeness (QED) is 0.684. The van der Waals surface area contributed by atoms with E-state index in [9.17, 15) is 4.79 Å². The Morgan fingerprint density at radius 1 is 1.21 bits per heavy atom. The molecule has 0 aromatic carbocycles. The number of nitrogens with one attached hydrogen (secondary N) is 1. The molecule has 2 rings (SSSR count). The average molecular weight is 270 g/mol. The van der Waals surface area contributed by atoms with Gasteiger partial charge in [-0.1, -0.05) is 0 Å². The average Bonchev–Trinajstić information content (AvgIpc) is 3.26. The molecule has 2 fully saturated rings. The summed E-state index contributed by atoms with van der Waals surface area (Å²) in [6, 6.07) is 0.0265. The Kier molecular flexibility index (Phi) is 5.92. The van der Waals surface area contributed by atoms with Crippen molar-refractivity contribution in [1.29, 1.82) is 0 Å². The first-order chi connectivity index (χ1) is 9.29. The zero-order chi connectivity index (χ0) is 13.5. The Bertz CT molecular complexity index is 274. The summed E-state index contributed by atoms with van der Waals surface area (Å²) in [6.07, 6.45) is 5.34. The first-order valence-electron chi connectivity index (χ1n) is 7.51. The van der Waals surface area contributed by atoms with Gasteiger partial charge in [-0.05, 0) is 43.9 Å². The van der Waals surface area contributed by atoms with Gasteiger partial charge in [-0.3, -0.25) is 0 Å². The second kappa shape index (κ2) is 7.70. The topological polar surface area (TPSA) is 61.8 Å². The first-order valence-corrected chi connectivity index (χ1v) is 7.51. The van der Waals surface area contributed by atoms with Gasteiger partial charge in [0.1, 0.15) is 0 Å². The minimum atomic E-state index is 0.0265. The third kappa shape index (κ3) is 5.37. The van der Waals surface area contributed by atoms with Crippen LogP contribution in [0.4, 0.5) is 4.79 Å². The summed E-state index contributed by atoms with van der Waals surface area (Å²) in [5.74, 6) is 1.18. The number of hydrogen-bond acceptors (Lipinski definition) is 3. The van der Waals surface area contributed by atoms with E-state index in [1.165, 1.54) is 12.8 Å². The molecule has 1 saturated heterocycles. The van der Waals surface area contributed by atoms with Crippen molar-refractivity contribution in [3.05, 3.63) is 0 Å². The van der Waals surface area contributed by atoms with Crippen molar-refractivity contribution in [3.8, 4) is 0 Å². The number of amides is 2. The number of nitrogens with zero attached hydrogens (tertiary/aromatic N) is 1. The van der Waals surface area contributed by atoms with Crippen molar-refractivity contribution < 1.29 is 14.6 Å². The highest BCUT2D eigenvalue weighted by molar-refractivity contribution is 5.74. The van der Waals surface area contributed by atoms with Gasteiger partial charge in [0.25, 0.3) is 0 Å². The van der Waals surface area contributed by atoms with Gasteiger partial charge in [0.15, 0.2) is 0 Å². The maximum absolute atomic E-state index is 11.9. The summed E-state index contributed by atoms with van der Waals surface area (Å²) in [4.78, 5) is 13.7. The molecule has 0 aromatic rings. The van der Waals surface area contributed by atoms with Crippen LogP contribution in [0.5, 0.6) is 0 Å². The van der Waals surface area contributed by atoms with Crippen molar-refractivity contribution >= 4 is 6.03 Å². The van der Waals surface area contributed by atoms with E-state index in [0.717, 1.165) is 51.5 Å². The molecule has 2 amide bonds. The molecule has 19 heavy (non-hydrogen) atoms. The van der Waals surface area contributed by atoms with E-state index < -0.39 is 0 Å². The Hall–Kier alpha value is -0.810. The van der Waals surface area contributed by atoms with Gasteiger partial charge in [-0.2, -0.15) is 0 Å². The summed E-state index contributed by atoms with van der Waals surface area (Å²) in [7, 11) is 0. The van der Waals surface area contributed by atoms with Crippen LogP contribution in [0.1, 0.15) is 32.1 Å². The number of ether oxygens (including phenoxy) is 1. The van der Waals surface area contributed by atoms with E-state index in [1.54, 1.807) is 0 Å². The van der Waals surface area contributed by atoms with Crippen LogP contribution in [0.3, 0.4) is 0 Å². The monoisotopic (exact) mass is 270 g/mol. The van der Waals surface area contributed by atoms with Crippen LogP contribution in [-0.2, 0) is 4.74 Å². The Morgan fingerprint density at radius 2 is 1.95 bits per heavy atom. The van der Waals surface area contributed by atoms with Gasteiger partial charge in [0, 0.05) is 39.5 Å². The molecule has 0 radical (unpaired) electrons. The SMILES string of the molecule is O=C(NCCCOCC1CC1)N1CCC(CO)CC1. The lowest BCUT2D eigenvalue weighted by Crippen LogP contribution is -2.45. The number of piperidine rings is 1. The third-order valence-corrected chi connectivity index (χ3v) is 3.95. The normalized spacial score (nSPS) is 20.6. The molecule has 1 aliphatic heterocycles. The zero-order valence-corrected chi connectivity index (χ0v) is 11.6. The predicted molar refractivity (Wildman–Crippen MR) is 72.9 cm³/mol. The number of hydrogen-bond donors (Lipinski definition) is 2. The molecule has 0 unspecified atom stereocenters. The third-order valence-electron chi connectivity index (χ3n) is 3.95. The fourth-order valence-electron chi connectivity index (χ4n) is 2.33. The highest BCUT2D eigenvalue weighted by Gasteiger charge is 2.22. The van der Waals surface area contributed by atoms with Crippen LogP contribution < -0.4 is 5.32 Å². The van der Waals surface area contributed by atoms with Crippen LogP contribution >= 0.6 is 0 Å². The second-order valence-corrected chi connectivity index (χ2v) is 5.72. The number of aliphatic hydroxyl groups is 1. The maximum Gasteiger partial charge on any atom is 0.317 e. The summed E-state index contributed by atoms with van der Waals surface area (Å²) >= 11 is 0. The summed E-state index contributed by atoms with van der Waals surface area (Å²) < 4.78 is 5.52. The molecule has 1 heterocycles. The molecule has 2 aliphatic rings. The summed E-state index contributed by atoms with van der Waals surface area (Å²) in [5, 5.41) is 12.0. The maximum atomic E-state index is 11.9. The second-order valence-electron chi connectivity index (χ2n) is 5.72. The molecule has 0 aromatic heterocycles. The van der Waals surface area contributed by atoms with E-state index in [-0.39, 0.29) is 12.6 Å². The van der Waals surface area contributed by atoms with Crippen LogP contribution in [0.15, 0.2) is 0 Å². The van der Waals surface area contributed by atoms with Gasteiger partial charge in [-0.25, -0.2) is 4.79 Å². The number of likely N-dealkylation sites (tertiary alicyclic amines) is 1. The number of rotatable bonds is 7. The molecule has 0 bridgehead atoms. The van der Waals surface area contributed by atoms with Gasteiger partial charge < -0.3 is 20.1 Å². The first kappa shape index (κ1) is 14.6. The lowest BCUT2D eigenvalue weighted by molar-refractivity contribution is 0.120. The Morgan fingerprint density at radius 3 is 2.58 bits per heavy atom. The molecule has 2 N–H and O–H groups in total. The lowest BCUT2D eigenvalue weighted by Gasteiger charge is -2.31. The van der Waals surface area contributed by atoms with Crippen molar-refractivity contribution in [2.75, 3.05) is 39.5 Å². The van der Waals surface area contributed by atoms with Crippen LogP contribution in [0, 0.1) is 11.8 Å². The summed E-state index contributed by atoms with van der Waals surface area (Å²) in [6.45, 7) is 4.08. The van der Waals surface area contributed by atoms with E-state index in [1.807, 2.05) is 4.90 Å². The Labute approximate surface area is 115 Å². The standard InChI is InChI=1S/C14H26N2O3/c17-10-12-4-7-16(8-5-12)14(18)15-6-1-9-19-11-13-2-3-13/h12-13,17H,1-11H2,(H,15,18). The smallest absolute Gasteiger partial charge is 0.317 e. The van der Waals surface area contributed by atoms with E-state index >= 15 is 0 Å². The highest BCUT2D eigenvalue weighted by Crippen LogP contribution is 2.28. The van der Waals surface area contributed by atoms with E-state index in [0.29, 0.717) is 12.5 Å². The number of carbonyl (C=O) groups excluding carboxylic acids is 1. The number of aliphatic hydroxyl groups excluding tert-OH is 1. The van der Waals surface area contributed by atoms with E-state index in [2.05, 4.69) is 5.32 Å². The van der Waals surface area contributed by atoms with Crippen molar-refractivity contribution in [3.63, 3.8) is 0 Å². The summed E-state index contributed by atoms with van der Waals surface area (Å²) in [5.41, 5.74) is 0. The van der Waals surface area contributed by atoms with Gasteiger partial charge in [0.2, 0.25) is 0 Å². The van der Waals surface area contributed by atoms with Crippen molar-refractivity contribution in [2.45, 2.75) is 32.1 Å². The Balaban J connectivity index is 1.47. The molecule has 5 nitrogen and oxygen atoms in total. The van der Waals surface area contributed by atoms with Gasteiger partial charge >= 0.3 is 6.03 Å². The van der Waals surface area contributed by atoms with Crippen LogP contribution in [0.25, 0.3) is 0 Å². The lowest BCUT2D eigenvalue weighted by atomic mass is 9.98. The largest absolute Gasteiger partial charge is 0.396 e. The minimum Gasteiger partial charge on any atom is -0.396 e. The molecule has 1 saturated carbocycles. The fraction of sp³-hybridized carbons (Fsp3) is 0.929. The molecular weight excluding hydrogens is 244 g/mol.